The Morgan fingerprint density at radius 2 is 1.89 bits per heavy atom. The van der Waals surface area contributed by atoms with Crippen LogP contribution in [-0.2, 0) is 0 Å². The molecule has 0 aliphatic carbocycles. The van der Waals surface area contributed by atoms with Gasteiger partial charge in [0.15, 0.2) is 0 Å². The third-order valence-corrected chi connectivity index (χ3v) is 3.28. The van der Waals surface area contributed by atoms with Crippen molar-refractivity contribution in [3.8, 4) is 0 Å². The molecule has 0 saturated heterocycles. The van der Waals surface area contributed by atoms with E-state index in [1.165, 1.54) is 6.07 Å². The Balaban J connectivity index is 3.01. The van der Waals surface area contributed by atoms with Crippen LogP contribution in [0.25, 0.3) is 0 Å². The molecule has 0 fully saturated rings. The third-order valence-electron chi connectivity index (χ3n) is 2.34. The molecule has 0 N–H and O–H groups in total. The molecule has 1 aromatic carbocycles. The lowest BCUT2D eigenvalue weighted by molar-refractivity contribution is -0.143. The predicted molar refractivity (Wildman–Crippen MR) is 71.4 cm³/mol. The Kier molecular flexibility index (Phi) is 5.01. The van der Waals surface area contributed by atoms with E-state index in [9.17, 15) is 18.0 Å². The normalized spacial score (nSPS) is 11.7. The molecular weight excluding hydrogens is 358 g/mol. The third kappa shape index (κ3) is 4.15. The van der Waals surface area contributed by atoms with Gasteiger partial charge in [-0.2, -0.15) is 13.2 Å². The molecule has 0 atom stereocenters. The number of rotatable bonds is 3. The molecule has 0 aliphatic rings. The fourth-order valence-electron chi connectivity index (χ4n) is 1.47. The van der Waals surface area contributed by atoms with Crippen molar-refractivity contribution >= 4 is 28.5 Å². The molecular formula is C12H13F3INO. The zero-order valence-electron chi connectivity index (χ0n) is 9.96. The second kappa shape index (κ2) is 5.90. The largest absolute Gasteiger partial charge is 0.406 e. The topological polar surface area (TPSA) is 20.3 Å². The Morgan fingerprint density at radius 3 is 2.33 bits per heavy atom. The number of halogens is 4. The summed E-state index contributed by atoms with van der Waals surface area (Å²) in [4.78, 5) is 12.9. The van der Waals surface area contributed by atoms with Gasteiger partial charge in [-0.3, -0.25) is 4.79 Å². The molecule has 0 aromatic heterocycles. The highest BCUT2D eigenvalue weighted by atomic mass is 127. The van der Waals surface area contributed by atoms with Gasteiger partial charge in [0, 0.05) is 9.61 Å². The van der Waals surface area contributed by atoms with Crippen LogP contribution in [0.3, 0.4) is 0 Å². The van der Waals surface area contributed by atoms with Gasteiger partial charge in [0.05, 0.1) is 5.56 Å². The number of amides is 1. The average Bonchev–Trinajstić information content (AvgIpc) is 2.24. The van der Waals surface area contributed by atoms with Gasteiger partial charge in [-0.15, -0.1) is 0 Å². The van der Waals surface area contributed by atoms with Gasteiger partial charge in [-0.25, -0.2) is 0 Å². The van der Waals surface area contributed by atoms with Crippen LogP contribution in [0, 0.1) is 3.57 Å². The van der Waals surface area contributed by atoms with Crippen LogP contribution >= 0.6 is 22.6 Å². The lowest BCUT2D eigenvalue weighted by Crippen LogP contribution is -2.43. The van der Waals surface area contributed by atoms with E-state index in [-0.39, 0.29) is 0 Å². The molecule has 18 heavy (non-hydrogen) atoms. The fraction of sp³-hybridized carbons (Fsp3) is 0.417. The lowest BCUT2D eigenvalue weighted by atomic mass is 10.1. The Hall–Kier alpha value is -0.790. The highest BCUT2D eigenvalue weighted by Gasteiger charge is 2.34. The first kappa shape index (κ1) is 15.3. The summed E-state index contributed by atoms with van der Waals surface area (Å²) in [5.41, 5.74) is 0.302. The first-order chi connectivity index (χ1) is 8.22. The summed E-state index contributed by atoms with van der Waals surface area (Å²) in [6, 6.07) is 6.11. The van der Waals surface area contributed by atoms with E-state index < -0.39 is 24.7 Å². The summed E-state index contributed by atoms with van der Waals surface area (Å²) in [5.74, 6) is -0.590. The van der Waals surface area contributed by atoms with Crippen LogP contribution in [0.1, 0.15) is 24.2 Å². The molecule has 0 saturated carbocycles. The number of benzene rings is 1. The van der Waals surface area contributed by atoms with E-state index >= 15 is 0 Å². The second-order valence-electron chi connectivity index (χ2n) is 4.12. The van der Waals surface area contributed by atoms with Crippen molar-refractivity contribution in [2.45, 2.75) is 26.1 Å². The number of alkyl halides is 3. The predicted octanol–water partition coefficient (Wildman–Crippen LogP) is 3.70. The molecule has 6 heteroatoms. The maximum absolute atomic E-state index is 12.4. The molecule has 0 spiro atoms. The SMILES string of the molecule is CC(C)N(CC(F)(F)F)C(=O)c1ccccc1I. The molecule has 1 rings (SSSR count). The van der Waals surface area contributed by atoms with E-state index in [2.05, 4.69) is 0 Å². The maximum atomic E-state index is 12.4. The average molecular weight is 371 g/mol. The van der Waals surface area contributed by atoms with Gasteiger partial charge in [-0.1, -0.05) is 12.1 Å². The molecule has 1 amide bonds. The number of carbonyl (C=O) groups is 1. The molecule has 100 valence electrons. The minimum absolute atomic E-state index is 0.302. The Bertz CT molecular complexity index is 432. The van der Waals surface area contributed by atoms with Crippen LogP contribution in [0.15, 0.2) is 24.3 Å². The zero-order valence-corrected chi connectivity index (χ0v) is 12.1. The van der Waals surface area contributed by atoms with Crippen molar-refractivity contribution in [3.63, 3.8) is 0 Å². The summed E-state index contributed by atoms with van der Waals surface area (Å²) in [6.45, 7) is 1.91. The Labute approximate surface area is 117 Å². The molecule has 0 radical (unpaired) electrons. The summed E-state index contributed by atoms with van der Waals surface area (Å²) in [6.07, 6.45) is -4.39. The summed E-state index contributed by atoms with van der Waals surface area (Å²) >= 11 is 1.94. The van der Waals surface area contributed by atoms with Gasteiger partial charge < -0.3 is 4.90 Å². The zero-order chi connectivity index (χ0) is 13.9. The van der Waals surface area contributed by atoms with E-state index in [0.717, 1.165) is 4.90 Å². The number of nitrogens with zero attached hydrogens (tertiary/aromatic N) is 1. The molecule has 0 heterocycles. The first-order valence-electron chi connectivity index (χ1n) is 5.34. The van der Waals surface area contributed by atoms with Crippen LogP contribution in [0.4, 0.5) is 13.2 Å². The second-order valence-corrected chi connectivity index (χ2v) is 5.28. The number of hydrogen-bond acceptors (Lipinski definition) is 1. The minimum atomic E-state index is -4.39. The van der Waals surface area contributed by atoms with E-state index in [0.29, 0.717) is 9.13 Å². The maximum Gasteiger partial charge on any atom is 0.406 e. The van der Waals surface area contributed by atoms with E-state index in [1.807, 2.05) is 22.6 Å². The summed E-state index contributed by atoms with van der Waals surface area (Å²) < 4.78 is 38.0. The van der Waals surface area contributed by atoms with Crippen LogP contribution in [-0.4, -0.2) is 29.6 Å². The van der Waals surface area contributed by atoms with Gasteiger partial charge in [0.1, 0.15) is 6.54 Å². The Morgan fingerprint density at radius 1 is 1.33 bits per heavy atom. The monoisotopic (exact) mass is 371 g/mol. The van der Waals surface area contributed by atoms with Crippen molar-refractivity contribution in [1.29, 1.82) is 0 Å². The van der Waals surface area contributed by atoms with Crippen molar-refractivity contribution in [1.82, 2.24) is 4.90 Å². The van der Waals surface area contributed by atoms with E-state index in [1.54, 1.807) is 32.0 Å². The molecule has 0 bridgehead atoms. The summed E-state index contributed by atoms with van der Waals surface area (Å²) in [7, 11) is 0. The number of carbonyl (C=O) groups excluding carboxylic acids is 1. The first-order valence-corrected chi connectivity index (χ1v) is 6.42. The van der Waals surface area contributed by atoms with Gasteiger partial charge in [-0.05, 0) is 48.6 Å². The molecule has 0 aliphatic heterocycles. The standard InChI is InChI=1S/C12H13F3INO/c1-8(2)17(7-12(13,14)15)11(18)9-5-3-4-6-10(9)16/h3-6,8H,7H2,1-2H3. The number of hydrogen-bond donors (Lipinski definition) is 0. The minimum Gasteiger partial charge on any atom is -0.327 e. The van der Waals surface area contributed by atoms with Crippen molar-refractivity contribution in [3.05, 3.63) is 33.4 Å². The van der Waals surface area contributed by atoms with Gasteiger partial charge in [0.25, 0.3) is 5.91 Å². The van der Waals surface area contributed by atoms with Crippen molar-refractivity contribution < 1.29 is 18.0 Å². The van der Waals surface area contributed by atoms with Crippen LogP contribution < -0.4 is 0 Å². The van der Waals surface area contributed by atoms with Crippen LogP contribution in [0.2, 0.25) is 0 Å². The van der Waals surface area contributed by atoms with Gasteiger partial charge >= 0.3 is 6.18 Å². The van der Waals surface area contributed by atoms with Crippen molar-refractivity contribution in [2.75, 3.05) is 6.54 Å². The summed E-state index contributed by atoms with van der Waals surface area (Å²) in [5, 5.41) is 0. The molecule has 2 nitrogen and oxygen atoms in total. The van der Waals surface area contributed by atoms with Gasteiger partial charge in [0.2, 0.25) is 0 Å². The lowest BCUT2D eigenvalue weighted by Gasteiger charge is -2.28. The smallest absolute Gasteiger partial charge is 0.327 e. The highest BCUT2D eigenvalue weighted by molar-refractivity contribution is 14.1. The molecule has 1 aromatic rings. The highest BCUT2D eigenvalue weighted by Crippen LogP contribution is 2.21. The van der Waals surface area contributed by atoms with Crippen molar-refractivity contribution in [2.24, 2.45) is 0 Å². The van der Waals surface area contributed by atoms with E-state index in [4.69, 9.17) is 0 Å². The van der Waals surface area contributed by atoms with Crippen LogP contribution in [0.5, 0.6) is 0 Å². The molecule has 0 unspecified atom stereocenters. The quantitative estimate of drug-likeness (QED) is 0.742. The fourth-order valence-corrected chi connectivity index (χ4v) is 2.09.